The second kappa shape index (κ2) is 13.7. The number of amides is 2. The van der Waals surface area contributed by atoms with E-state index in [1.54, 1.807) is 6.07 Å². The minimum absolute atomic E-state index is 0.00252. The van der Waals surface area contributed by atoms with E-state index in [1.807, 2.05) is 69.4 Å². The molecule has 12 nitrogen and oxygen atoms in total. The summed E-state index contributed by atoms with van der Waals surface area (Å²) in [6, 6.07) is 18.3. The molecule has 1 heterocycles. The number of nitrogens with one attached hydrogen (secondary N) is 3. The molecule has 0 unspecified atom stereocenters. The summed E-state index contributed by atoms with van der Waals surface area (Å²) in [5.74, 6) is -0.324. The number of H-pyrrole nitrogens is 1. The SMILES string of the molecule is CNC(=O)COC(=O)NCc1ccc(CN(C)Cc2ccc(-n3c(-c4cc(C(C)C)c(O)cc4O)n[nH]c3=O)cc2)cc1. The van der Waals surface area contributed by atoms with Crippen LogP contribution in [0.2, 0.25) is 0 Å². The van der Waals surface area contributed by atoms with Gasteiger partial charge in [0.15, 0.2) is 12.4 Å². The number of ether oxygens (including phenoxy) is 1. The smallest absolute Gasteiger partial charge is 0.407 e. The number of aromatic amines is 1. The average Bonchev–Trinajstić information content (AvgIpc) is 3.36. The van der Waals surface area contributed by atoms with Gasteiger partial charge in [-0.2, -0.15) is 5.10 Å². The zero-order chi connectivity index (χ0) is 31.1. The van der Waals surface area contributed by atoms with E-state index in [4.69, 9.17) is 4.74 Å². The number of alkyl carbamates (subject to hydrolysis) is 1. The zero-order valence-corrected chi connectivity index (χ0v) is 24.5. The first-order chi connectivity index (χ1) is 20.5. The number of benzene rings is 3. The lowest BCUT2D eigenvalue weighted by Gasteiger charge is -2.18. The number of aromatic nitrogens is 3. The van der Waals surface area contributed by atoms with Gasteiger partial charge in [0.1, 0.15) is 11.5 Å². The predicted molar refractivity (Wildman–Crippen MR) is 161 cm³/mol. The highest BCUT2D eigenvalue weighted by molar-refractivity contribution is 5.79. The second-order valence-electron chi connectivity index (χ2n) is 10.5. The fraction of sp³-hybridized carbons (Fsp3) is 0.290. The van der Waals surface area contributed by atoms with Crippen molar-refractivity contribution in [3.8, 4) is 28.6 Å². The van der Waals surface area contributed by atoms with Crippen molar-refractivity contribution in [2.45, 2.75) is 39.4 Å². The monoisotopic (exact) mass is 588 g/mol. The quantitative estimate of drug-likeness (QED) is 0.178. The van der Waals surface area contributed by atoms with E-state index in [2.05, 4.69) is 25.7 Å². The fourth-order valence-corrected chi connectivity index (χ4v) is 4.57. The summed E-state index contributed by atoms with van der Waals surface area (Å²) in [5, 5.41) is 32.4. The maximum absolute atomic E-state index is 12.7. The molecule has 4 aromatic rings. The van der Waals surface area contributed by atoms with Crippen molar-refractivity contribution in [1.29, 1.82) is 0 Å². The van der Waals surface area contributed by atoms with Crippen molar-refractivity contribution in [1.82, 2.24) is 30.3 Å². The van der Waals surface area contributed by atoms with Crippen LogP contribution in [-0.4, -0.2) is 62.6 Å². The molecule has 5 N–H and O–H groups in total. The summed E-state index contributed by atoms with van der Waals surface area (Å²) in [5.41, 5.74) is 4.14. The highest BCUT2D eigenvalue weighted by Crippen LogP contribution is 2.37. The van der Waals surface area contributed by atoms with Crippen LogP contribution in [0.3, 0.4) is 0 Å². The molecular weight excluding hydrogens is 552 g/mol. The van der Waals surface area contributed by atoms with Crippen molar-refractivity contribution < 1.29 is 24.5 Å². The molecule has 0 aliphatic carbocycles. The van der Waals surface area contributed by atoms with Gasteiger partial charge in [0.25, 0.3) is 5.91 Å². The van der Waals surface area contributed by atoms with Gasteiger partial charge in [0.05, 0.1) is 11.3 Å². The Hall–Kier alpha value is -5.10. The molecule has 12 heteroatoms. The molecule has 0 saturated heterocycles. The van der Waals surface area contributed by atoms with Crippen LogP contribution in [0.15, 0.2) is 65.5 Å². The molecule has 0 bridgehead atoms. The molecule has 226 valence electrons. The molecule has 2 amide bonds. The molecule has 0 saturated carbocycles. The third-order valence-corrected chi connectivity index (χ3v) is 6.85. The standard InChI is InChI=1S/C31H36N6O6/c1-19(2)24-13-25(27(39)14-26(24)38)29-34-35-30(41)37(29)23-11-9-22(10-12-23)17-36(4)16-21-7-5-20(6-8-21)15-33-31(42)43-18-28(40)32-3/h5-14,19,38-39H,15-18H2,1-4H3,(H,32,40)(H,33,42)(H,35,41). The Balaban J connectivity index is 1.37. The van der Waals surface area contributed by atoms with Crippen molar-refractivity contribution >= 4 is 12.0 Å². The van der Waals surface area contributed by atoms with Gasteiger partial charge in [-0.3, -0.25) is 9.69 Å². The molecule has 3 aromatic carbocycles. The first-order valence-electron chi connectivity index (χ1n) is 13.8. The number of likely N-dealkylation sites (N-methyl/N-ethyl adjacent to an activating group) is 1. The van der Waals surface area contributed by atoms with Gasteiger partial charge >= 0.3 is 11.8 Å². The maximum Gasteiger partial charge on any atom is 0.407 e. The second-order valence-corrected chi connectivity index (χ2v) is 10.5. The maximum atomic E-state index is 12.7. The Bertz CT molecular complexity index is 1630. The zero-order valence-electron chi connectivity index (χ0n) is 24.5. The minimum atomic E-state index is -0.661. The first kappa shape index (κ1) is 30.8. The number of carbonyl (C=O) groups is 2. The van der Waals surface area contributed by atoms with Crippen LogP contribution >= 0.6 is 0 Å². The first-order valence-corrected chi connectivity index (χ1v) is 13.8. The van der Waals surface area contributed by atoms with Gasteiger partial charge < -0.3 is 25.6 Å². The summed E-state index contributed by atoms with van der Waals surface area (Å²) in [7, 11) is 3.47. The average molecular weight is 589 g/mol. The molecule has 0 aliphatic heterocycles. The van der Waals surface area contributed by atoms with Gasteiger partial charge in [-0.25, -0.2) is 19.3 Å². The summed E-state index contributed by atoms with van der Waals surface area (Å²) in [6.45, 7) is 5.15. The van der Waals surface area contributed by atoms with Crippen molar-refractivity contribution in [3.05, 3.63) is 93.4 Å². The molecule has 0 atom stereocenters. The Morgan fingerprint density at radius 1 is 0.977 bits per heavy atom. The van der Waals surface area contributed by atoms with Crippen molar-refractivity contribution in [3.63, 3.8) is 0 Å². The molecule has 1 aromatic heterocycles. The highest BCUT2D eigenvalue weighted by Gasteiger charge is 2.19. The topological polar surface area (TPSA) is 162 Å². The lowest BCUT2D eigenvalue weighted by atomic mass is 9.98. The van der Waals surface area contributed by atoms with Crippen LogP contribution in [0.4, 0.5) is 4.79 Å². The van der Waals surface area contributed by atoms with E-state index < -0.39 is 11.8 Å². The van der Waals surface area contributed by atoms with Crippen LogP contribution in [0, 0.1) is 0 Å². The number of nitrogens with zero attached hydrogens (tertiary/aromatic N) is 3. The normalized spacial score (nSPS) is 11.1. The van der Waals surface area contributed by atoms with Crippen LogP contribution in [-0.2, 0) is 29.2 Å². The number of hydrogen-bond donors (Lipinski definition) is 5. The molecule has 43 heavy (non-hydrogen) atoms. The van der Waals surface area contributed by atoms with Crippen LogP contribution in [0.25, 0.3) is 17.1 Å². The van der Waals surface area contributed by atoms with Crippen LogP contribution < -0.4 is 16.3 Å². The van der Waals surface area contributed by atoms with Crippen LogP contribution in [0.5, 0.6) is 11.5 Å². The third-order valence-electron chi connectivity index (χ3n) is 6.85. The molecule has 0 fully saturated rings. The lowest BCUT2D eigenvalue weighted by Crippen LogP contribution is -2.30. The van der Waals surface area contributed by atoms with Crippen molar-refractivity contribution in [2.75, 3.05) is 20.7 Å². The van der Waals surface area contributed by atoms with E-state index in [0.717, 1.165) is 16.7 Å². The minimum Gasteiger partial charge on any atom is -0.508 e. The summed E-state index contributed by atoms with van der Waals surface area (Å²) in [6.07, 6.45) is -0.661. The molecule has 0 aliphatic rings. The largest absolute Gasteiger partial charge is 0.508 e. The van der Waals surface area contributed by atoms with E-state index in [9.17, 15) is 24.6 Å². The van der Waals surface area contributed by atoms with Gasteiger partial charge in [0, 0.05) is 32.7 Å². The molecule has 0 radical (unpaired) electrons. The van der Waals surface area contributed by atoms with E-state index >= 15 is 0 Å². The van der Waals surface area contributed by atoms with Crippen LogP contribution in [0.1, 0.15) is 42.0 Å². The number of rotatable bonds is 11. The molecule has 0 spiro atoms. The Labute approximate surface area is 248 Å². The summed E-state index contributed by atoms with van der Waals surface area (Å²) >= 11 is 0. The van der Waals surface area contributed by atoms with E-state index in [1.165, 1.54) is 17.7 Å². The Morgan fingerprint density at radius 2 is 1.58 bits per heavy atom. The summed E-state index contributed by atoms with van der Waals surface area (Å²) < 4.78 is 6.21. The molecular formula is C31H36N6O6. The third kappa shape index (κ3) is 7.80. The predicted octanol–water partition coefficient (Wildman–Crippen LogP) is 3.37. The summed E-state index contributed by atoms with van der Waals surface area (Å²) in [4.78, 5) is 37.7. The fourth-order valence-electron chi connectivity index (χ4n) is 4.57. The van der Waals surface area contributed by atoms with Gasteiger partial charge in [0.2, 0.25) is 0 Å². The number of hydrogen-bond acceptors (Lipinski definition) is 8. The Kier molecular flexibility index (Phi) is 9.83. The van der Waals surface area contributed by atoms with Gasteiger partial charge in [-0.15, -0.1) is 0 Å². The molecule has 4 rings (SSSR count). The van der Waals surface area contributed by atoms with Crippen molar-refractivity contribution in [2.24, 2.45) is 0 Å². The number of phenolic OH excluding ortho intramolecular Hbond substituents is 2. The van der Waals surface area contributed by atoms with E-state index in [-0.39, 0.29) is 42.3 Å². The number of carbonyl (C=O) groups excluding carboxylic acids is 2. The lowest BCUT2D eigenvalue weighted by molar-refractivity contribution is -0.123. The highest BCUT2D eigenvalue weighted by atomic mass is 16.6. The Morgan fingerprint density at radius 3 is 2.19 bits per heavy atom. The number of aromatic hydroxyl groups is 2. The van der Waals surface area contributed by atoms with E-state index in [0.29, 0.717) is 29.9 Å². The van der Waals surface area contributed by atoms with Gasteiger partial charge in [-0.05, 0) is 53.4 Å². The van der Waals surface area contributed by atoms with Gasteiger partial charge in [-0.1, -0.05) is 50.2 Å². The number of phenols is 2.